The molecule has 0 amide bonds. The van der Waals surface area contributed by atoms with Crippen LogP contribution in [0.1, 0.15) is 72.1 Å². The third-order valence-corrected chi connectivity index (χ3v) is 4.77. The lowest BCUT2D eigenvalue weighted by atomic mass is 10.1. The number of thioether (sulfide) groups is 1. The second-order valence-corrected chi connectivity index (χ2v) is 7.03. The van der Waals surface area contributed by atoms with Crippen LogP contribution < -0.4 is 0 Å². The topological polar surface area (TPSA) is 52.6 Å². The van der Waals surface area contributed by atoms with Crippen LogP contribution in [0.4, 0.5) is 0 Å². The Kier molecular flexibility index (Phi) is 15.7. The molecule has 0 aliphatic heterocycles. The van der Waals surface area contributed by atoms with Crippen molar-refractivity contribution >= 4 is 23.7 Å². The van der Waals surface area contributed by atoms with E-state index in [1.54, 1.807) is 0 Å². The second-order valence-electron chi connectivity index (χ2n) is 5.88. The predicted octanol–water partition coefficient (Wildman–Crippen LogP) is 4.60. The molecule has 0 aromatic carbocycles. The zero-order chi connectivity index (χ0) is 17.3. The number of hydrogen-bond donors (Lipinski definition) is 0. The molecule has 0 bridgehead atoms. The molecular weight excluding hydrogens is 312 g/mol. The van der Waals surface area contributed by atoms with E-state index >= 15 is 0 Å². The average Bonchev–Trinajstić information content (AvgIpc) is 2.54. The van der Waals surface area contributed by atoms with Crippen LogP contribution in [0, 0.1) is 5.92 Å². The molecule has 0 saturated carbocycles. The van der Waals surface area contributed by atoms with Crippen molar-refractivity contribution < 1.29 is 19.1 Å². The molecule has 23 heavy (non-hydrogen) atoms. The van der Waals surface area contributed by atoms with Crippen molar-refractivity contribution in [3.05, 3.63) is 0 Å². The van der Waals surface area contributed by atoms with Gasteiger partial charge in [0.2, 0.25) is 0 Å². The summed E-state index contributed by atoms with van der Waals surface area (Å²) in [7, 11) is 0. The zero-order valence-corrected chi connectivity index (χ0v) is 15.9. The number of unbranched alkanes of at least 4 members (excludes halogenated alkanes) is 5. The smallest absolute Gasteiger partial charge is 0.309 e. The number of ether oxygens (including phenoxy) is 2. The van der Waals surface area contributed by atoms with Crippen molar-refractivity contribution in [2.24, 2.45) is 5.92 Å². The molecule has 0 saturated heterocycles. The van der Waals surface area contributed by atoms with Gasteiger partial charge < -0.3 is 9.47 Å². The van der Waals surface area contributed by atoms with E-state index in [0.29, 0.717) is 6.42 Å². The van der Waals surface area contributed by atoms with Gasteiger partial charge in [0.05, 0.1) is 5.92 Å². The molecule has 0 heterocycles. The molecule has 0 aliphatic rings. The van der Waals surface area contributed by atoms with E-state index in [1.165, 1.54) is 38.5 Å². The summed E-state index contributed by atoms with van der Waals surface area (Å²) in [6.45, 7) is 6.35. The van der Waals surface area contributed by atoms with Gasteiger partial charge in [-0.25, -0.2) is 0 Å². The lowest BCUT2D eigenvalue weighted by Gasteiger charge is -2.11. The quantitative estimate of drug-likeness (QED) is 0.320. The minimum Gasteiger partial charge on any atom is -0.462 e. The van der Waals surface area contributed by atoms with Gasteiger partial charge in [-0.05, 0) is 18.6 Å². The lowest BCUT2D eigenvalue weighted by molar-refractivity contribution is -0.154. The molecule has 0 N–H and O–H groups in total. The molecule has 1 unspecified atom stereocenters. The number of carbonyl (C=O) groups excluding carboxylic acids is 2. The van der Waals surface area contributed by atoms with Crippen molar-refractivity contribution in [1.29, 1.82) is 0 Å². The van der Waals surface area contributed by atoms with Crippen LogP contribution in [-0.4, -0.2) is 36.7 Å². The van der Waals surface area contributed by atoms with Gasteiger partial charge >= 0.3 is 11.9 Å². The van der Waals surface area contributed by atoms with Crippen molar-refractivity contribution in [2.75, 3.05) is 24.7 Å². The van der Waals surface area contributed by atoms with Gasteiger partial charge in [0.15, 0.2) is 0 Å². The molecule has 0 fully saturated rings. The fourth-order valence-corrected chi connectivity index (χ4v) is 3.09. The molecule has 0 aliphatic carbocycles. The van der Waals surface area contributed by atoms with Crippen molar-refractivity contribution in [3.8, 4) is 0 Å². The maximum absolute atomic E-state index is 11.8. The number of carbonyl (C=O) groups is 2. The molecule has 136 valence electrons. The first-order chi connectivity index (χ1) is 11.1. The van der Waals surface area contributed by atoms with E-state index in [9.17, 15) is 9.59 Å². The highest BCUT2D eigenvalue weighted by Crippen LogP contribution is 2.14. The summed E-state index contributed by atoms with van der Waals surface area (Å²) in [5, 5.41) is 0. The Labute approximate surface area is 146 Å². The molecule has 0 aromatic heterocycles. The van der Waals surface area contributed by atoms with Crippen molar-refractivity contribution in [3.63, 3.8) is 0 Å². The number of hydrogen-bond acceptors (Lipinski definition) is 5. The minimum absolute atomic E-state index is 0.105. The van der Waals surface area contributed by atoms with Crippen molar-refractivity contribution in [2.45, 2.75) is 72.1 Å². The van der Waals surface area contributed by atoms with E-state index in [4.69, 9.17) is 9.47 Å². The van der Waals surface area contributed by atoms with Gasteiger partial charge in [0.25, 0.3) is 0 Å². The van der Waals surface area contributed by atoms with Crippen LogP contribution in [0.25, 0.3) is 0 Å². The predicted molar refractivity (Wildman–Crippen MR) is 96.7 cm³/mol. The monoisotopic (exact) mass is 346 g/mol. The van der Waals surface area contributed by atoms with E-state index in [-0.39, 0.29) is 31.1 Å². The first kappa shape index (κ1) is 22.3. The second kappa shape index (κ2) is 16.2. The van der Waals surface area contributed by atoms with Gasteiger partial charge in [-0.15, -0.1) is 0 Å². The Morgan fingerprint density at radius 3 is 2.26 bits per heavy atom. The first-order valence-electron chi connectivity index (χ1n) is 9.01. The standard InChI is InChI=1S/C18H34O4S/c1-4-6-7-8-9-10-14-23-15-16(3)18(20)22-13-12-21-17(19)11-5-2/h16H,4-15H2,1-3H3. The van der Waals surface area contributed by atoms with Crippen LogP contribution in [0.5, 0.6) is 0 Å². The normalized spacial score (nSPS) is 12.0. The molecule has 5 heteroatoms. The van der Waals surface area contributed by atoms with Crippen LogP contribution in [0.3, 0.4) is 0 Å². The molecular formula is C18H34O4S. The average molecular weight is 347 g/mol. The van der Waals surface area contributed by atoms with Gasteiger partial charge in [0, 0.05) is 12.2 Å². The number of rotatable bonds is 15. The van der Waals surface area contributed by atoms with E-state index in [0.717, 1.165) is 17.9 Å². The van der Waals surface area contributed by atoms with E-state index < -0.39 is 0 Å². The summed E-state index contributed by atoms with van der Waals surface area (Å²) < 4.78 is 10.1. The Balaban J connectivity index is 3.46. The molecule has 0 rings (SSSR count). The van der Waals surface area contributed by atoms with Gasteiger partial charge in [-0.3, -0.25) is 9.59 Å². The molecule has 4 nitrogen and oxygen atoms in total. The molecule has 0 aromatic rings. The van der Waals surface area contributed by atoms with Gasteiger partial charge in [-0.1, -0.05) is 52.9 Å². The largest absolute Gasteiger partial charge is 0.462 e. The summed E-state index contributed by atoms with van der Waals surface area (Å²) in [5.41, 5.74) is 0. The molecule has 0 radical (unpaired) electrons. The Morgan fingerprint density at radius 1 is 0.913 bits per heavy atom. The van der Waals surface area contributed by atoms with Crippen LogP contribution in [0.15, 0.2) is 0 Å². The van der Waals surface area contributed by atoms with Crippen molar-refractivity contribution in [1.82, 2.24) is 0 Å². The third-order valence-electron chi connectivity index (χ3n) is 3.46. The molecule has 0 spiro atoms. The highest BCUT2D eigenvalue weighted by molar-refractivity contribution is 7.99. The fraction of sp³-hybridized carbons (Fsp3) is 0.889. The maximum atomic E-state index is 11.8. The maximum Gasteiger partial charge on any atom is 0.309 e. The van der Waals surface area contributed by atoms with E-state index in [1.807, 2.05) is 25.6 Å². The highest BCUT2D eigenvalue weighted by Gasteiger charge is 2.14. The van der Waals surface area contributed by atoms with Crippen LogP contribution in [0.2, 0.25) is 0 Å². The van der Waals surface area contributed by atoms with E-state index in [2.05, 4.69) is 6.92 Å². The Morgan fingerprint density at radius 2 is 1.57 bits per heavy atom. The Bertz CT molecular complexity index is 307. The Hall–Kier alpha value is -0.710. The minimum atomic E-state index is -0.230. The summed E-state index contributed by atoms with van der Waals surface area (Å²) in [5.74, 6) is 1.37. The highest BCUT2D eigenvalue weighted by atomic mass is 32.2. The summed E-state index contributed by atoms with van der Waals surface area (Å²) in [4.78, 5) is 22.9. The van der Waals surface area contributed by atoms with Gasteiger partial charge in [0.1, 0.15) is 13.2 Å². The zero-order valence-electron chi connectivity index (χ0n) is 15.1. The fourth-order valence-electron chi connectivity index (χ4n) is 2.03. The SMILES string of the molecule is CCCCCCCCSCC(C)C(=O)OCCOC(=O)CCC. The van der Waals surface area contributed by atoms with Crippen LogP contribution in [-0.2, 0) is 19.1 Å². The molecule has 1 atom stereocenters. The summed E-state index contributed by atoms with van der Waals surface area (Å²) >= 11 is 1.82. The summed E-state index contributed by atoms with van der Waals surface area (Å²) in [6.07, 6.45) is 8.98. The van der Waals surface area contributed by atoms with Crippen LogP contribution >= 0.6 is 11.8 Å². The van der Waals surface area contributed by atoms with Gasteiger partial charge in [-0.2, -0.15) is 11.8 Å². The number of esters is 2. The lowest BCUT2D eigenvalue weighted by Crippen LogP contribution is -2.20. The summed E-state index contributed by atoms with van der Waals surface area (Å²) in [6, 6.07) is 0. The first-order valence-corrected chi connectivity index (χ1v) is 10.2. The third kappa shape index (κ3) is 14.6.